The quantitative estimate of drug-likeness (QED) is 0.844. The molecule has 0 aliphatic rings. The van der Waals surface area contributed by atoms with E-state index in [0.29, 0.717) is 6.42 Å². The normalized spacial score (nSPS) is 13.7. The molecule has 1 rings (SSSR count). The standard InChI is InChI=1S/C11H14ClN3O3/c1-3-11(2,10(17)18)6-15-9(16)7-4-14-8(12)5-13-7/h4-5H,3,6H2,1-2H3,(H,15,16)(H,17,18). The van der Waals surface area contributed by atoms with Gasteiger partial charge in [0.1, 0.15) is 10.8 Å². The predicted molar refractivity (Wildman–Crippen MR) is 65.4 cm³/mol. The molecule has 0 saturated heterocycles. The third-order valence-corrected chi connectivity index (χ3v) is 2.98. The number of amides is 1. The number of halogens is 1. The Morgan fingerprint density at radius 2 is 2.11 bits per heavy atom. The zero-order valence-electron chi connectivity index (χ0n) is 10.1. The molecule has 0 aromatic carbocycles. The lowest BCUT2D eigenvalue weighted by atomic mass is 9.88. The summed E-state index contributed by atoms with van der Waals surface area (Å²) in [4.78, 5) is 30.3. The van der Waals surface area contributed by atoms with E-state index in [4.69, 9.17) is 16.7 Å². The van der Waals surface area contributed by atoms with Crippen LogP contribution < -0.4 is 5.32 Å². The molecule has 1 aromatic heterocycles. The van der Waals surface area contributed by atoms with Gasteiger partial charge in [0.15, 0.2) is 0 Å². The smallest absolute Gasteiger partial charge is 0.311 e. The van der Waals surface area contributed by atoms with Crippen LogP contribution in [0, 0.1) is 5.41 Å². The molecule has 0 spiro atoms. The number of carboxylic acids is 1. The van der Waals surface area contributed by atoms with Crippen LogP contribution in [0.2, 0.25) is 5.15 Å². The number of aliphatic carboxylic acids is 1. The van der Waals surface area contributed by atoms with Crippen LogP contribution in [0.4, 0.5) is 0 Å². The molecule has 18 heavy (non-hydrogen) atoms. The summed E-state index contributed by atoms with van der Waals surface area (Å²) in [6.45, 7) is 3.35. The van der Waals surface area contributed by atoms with E-state index in [9.17, 15) is 9.59 Å². The van der Waals surface area contributed by atoms with Gasteiger partial charge in [0, 0.05) is 6.54 Å². The average molecular weight is 272 g/mol. The van der Waals surface area contributed by atoms with Crippen molar-refractivity contribution in [1.82, 2.24) is 15.3 Å². The fourth-order valence-corrected chi connectivity index (χ4v) is 1.24. The number of carbonyl (C=O) groups excluding carboxylic acids is 1. The molecule has 2 N–H and O–H groups in total. The maximum Gasteiger partial charge on any atom is 0.311 e. The van der Waals surface area contributed by atoms with Gasteiger partial charge in [-0.15, -0.1) is 0 Å². The topological polar surface area (TPSA) is 92.2 Å². The van der Waals surface area contributed by atoms with E-state index < -0.39 is 17.3 Å². The highest BCUT2D eigenvalue weighted by Gasteiger charge is 2.31. The van der Waals surface area contributed by atoms with E-state index in [1.54, 1.807) is 13.8 Å². The Morgan fingerprint density at radius 3 is 2.56 bits per heavy atom. The van der Waals surface area contributed by atoms with Gasteiger partial charge in [0.05, 0.1) is 17.8 Å². The first kappa shape index (κ1) is 14.4. The Bertz CT molecular complexity index is 449. The molecule has 7 heteroatoms. The Labute approximate surface area is 109 Å². The molecule has 0 fully saturated rings. The lowest BCUT2D eigenvalue weighted by molar-refractivity contribution is -0.147. The maximum absolute atomic E-state index is 11.7. The van der Waals surface area contributed by atoms with E-state index in [2.05, 4.69) is 15.3 Å². The summed E-state index contributed by atoms with van der Waals surface area (Å²) < 4.78 is 0. The third-order valence-electron chi connectivity index (χ3n) is 2.79. The first-order valence-corrected chi connectivity index (χ1v) is 5.76. The number of carboxylic acid groups (broad SMARTS) is 1. The Hall–Kier alpha value is -1.69. The van der Waals surface area contributed by atoms with Crippen LogP contribution in [-0.4, -0.2) is 33.5 Å². The number of nitrogens with zero attached hydrogens (tertiary/aromatic N) is 2. The molecular weight excluding hydrogens is 258 g/mol. The minimum absolute atomic E-state index is 0.0297. The van der Waals surface area contributed by atoms with Crippen LogP contribution in [0.25, 0.3) is 0 Å². The van der Waals surface area contributed by atoms with E-state index in [-0.39, 0.29) is 17.4 Å². The number of nitrogens with one attached hydrogen (secondary N) is 1. The van der Waals surface area contributed by atoms with Gasteiger partial charge < -0.3 is 10.4 Å². The molecule has 0 aliphatic carbocycles. The summed E-state index contributed by atoms with van der Waals surface area (Å²) in [6.07, 6.45) is 2.91. The van der Waals surface area contributed by atoms with E-state index in [1.165, 1.54) is 12.4 Å². The first-order chi connectivity index (χ1) is 8.39. The van der Waals surface area contributed by atoms with E-state index in [1.807, 2.05) is 0 Å². The van der Waals surface area contributed by atoms with E-state index in [0.717, 1.165) is 0 Å². The summed E-state index contributed by atoms with van der Waals surface area (Å²) in [6, 6.07) is 0. The number of hydrogen-bond acceptors (Lipinski definition) is 4. The van der Waals surface area contributed by atoms with Gasteiger partial charge in [-0.3, -0.25) is 9.59 Å². The molecule has 1 atom stereocenters. The summed E-state index contributed by atoms with van der Waals surface area (Å²) in [5.41, 5.74) is -0.890. The largest absolute Gasteiger partial charge is 0.481 e. The van der Waals surface area contributed by atoms with Crippen molar-refractivity contribution in [3.8, 4) is 0 Å². The van der Waals surface area contributed by atoms with Crippen LogP contribution in [-0.2, 0) is 4.79 Å². The van der Waals surface area contributed by atoms with Gasteiger partial charge in [0.25, 0.3) is 5.91 Å². The molecule has 1 amide bonds. The number of hydrogen-bond donors (Lipinski definition) is 2. The highest BCUT2D eigenvalue weighted by atomic mass is 35.5. The second kappa shape index (κ2) is 5.77. The van der Waals surface area contributed by atoms with Crippen molar-refractivity contribution in [2.75, 3.05) is 6.54 Å². The second-order valence-electron chi connectivity index (χ2n) is 4.13. The summed E-state index contributed by atoms with van der Waals surface area (Å²) in [5.74, 6) is -1.42. The van der Waals surface area contributed by atoms with Gasteiger partial charge in [-0.25, -0.2) is 9.97 Å². The second-order valence-corrected chi connectivity index (χ2v) is 4.51. The van der Waals surface area contributed by atoms with Gasteiger partial charge in [-0.05, 0) is 13.3 Å². The summed E-state index contributed by atoms with van der Waals surface area (Å²) in [5, 5.41) is 11.8. The highest BCUT2D eigenvalue weighted by Crippen LogP contribution is 2.19. The molecule has 1 aromatic rings. The molecule has 6 nitrogen and oxygen atoms in total. The monoisotopic (exact) mass is 271 g/mol. The van der Waals surface area contributed by atoms with Crippen molar-refractivity contribution in [2.45, 2.75) is 20.3 Å². The lowest BCUT2D eigenvalue weighted by Gasteiger charge is -2.22. The molecule has 1 unspecified atom stereocenters. The van der Waals surface area contributed by atoms with Gasteiger partial charge >= 0.3 is 5.97 Å². The first-order valence-electron chi connectivity index (χ1n) is 5.38. The zero-order chi connectivity index (χ0) is 13.8. The molecule has 0 bridgehead atoms. The Morgan fingerprint density at radius 1 is 1.44 bits per heavy atom. The molecule has 0 aliphatic heterocycles. The van der Waals surface area contributed by atoms with Crippen LogP contribution in [0.1, 0.15) is 30.8 Å². The van der Waals surface area contributed by atoms with Crippen molar-refractivity contribution < 1.29 is 14.7 Å². The van der Waals surface area contributed by atoms with Crippen molar-refractivity contribution in [1.29, 1.82) is 0 Å². The minimum atomic E-state index is -0.991. The molecule has 98 valence electrons. The van der Waals surface area contributed by atoms with Crippen molar-refractivity contribution >= 4 is 23.5 Å². The zero-order valence-corrected chi connectivity index (χ0v) is 10.9. The fraction of sp³-hybridized carbons (Fsp3) is 0.455. The number of aromatic nitrogens is 2. The SMILES string of the molecule is CCC(C)(CNC(=O)c1cnc(Cl)cn1)C(=O)O. The van der Waals surface area contributed by atoms with E-state index >= 15 is 0 Å². The average Bonchev–Trinajstić information content (AvgIpc) is 2.36. The van der Waals surface area contributed by atoms with Crippen molar-refractivity contribution in [3.05, 3.63) is 23.2 Å². The third kappa shape index (κ3) is 3.40. The Balaban J connectivity index is 2.66. The van der Waals surface area contributed by atoms with Crippen LogP contribution >= 0.6 is 11.6 Å². The predicted octanol–water partition coefficient (Wildman–Crippen LogP) is 1.36. The lowest BCUT2D eigenvalue weighted by Crippen LogP contribution is -2.40. The Kier molecular flexibility index (Phi) is 4.61. The van der Waals surface area contributed by atoms with Crippen LogP contribution in [0.5, 0.6) is 0 Å². The fourth-order valence-electron chi connectivity index (χ4n) is 1.15. The maximum atomic E-state index is 11.7. The molecule has 0 saturated carbocycles. The van der Waals surface area contributed by atoms with Crippen LogP contribution in [0.15, 0.2) is 12.4 Å². The molecular formula is C11H14ClN3O3. The number of rotatable bonds is 5. The highest BCUT2D eigenvalue weighted by molar-refractivity contribution is 6.29. The van der Waals surface area contributed by atoms with Gasteiger partial charge in [-0.1, -0.05) is 18.5 Å². The summed E-state index contributed by atoms with van der Waals surface area (Å²) in [7, 11) is 0. The van der Waals surface area contributed by atoms with Crippen LogP contribution in [0.3, 0.4) is 0 Å². The van der Waals surface area contributed by atoms with Crippen molar-refractivity contribution in [2.24, 2.45) is 5.41 Å². The number of carbonyl (C=O) groups is 2. The minimum Gasteiger partial charge on any atom is -0.481 e. The van der Waals surface area contributed by atoms with Crippen molar-refractivity contribution in [3.63, 3.8) is 0 Å². The molecule has 1 heterocycles. The van der Waals surface area contributed by atoms with Gasteiger partial charge in [-0.2, -0.15) is 0 Å². The molecule has 0 radical (unpaired) electrons. The summed E-state index contributed by atoms with van der Waals surface area (Å²) >= 11 is 5.55. The van der Waals surface area contributed by atoms with Gasteiger partial charge in [0.2, 0.25) is 0 Å².